The van der Waals surface area contributed by atoms with Gasteiger partial charge in [0.25, 0.3) is 5.22 Å². The van der Waals surface area contributed by atoms with Gasteiger partial charge in [-0.05, 0) is 11.5 Å². The van der Waals surface area contributed by atoms with E-state index in [1.54, 1.807) is 0 Å². The summed E-state index contributed by atoms with van der Waals surface area (Å²) in [4.78, 5) is 0. The van der Waals surface area contributed by atoms with E-state index in [1.807, 2.05) is 32.0 Å². The van der Waals surface area contributed by atoms with E-state index in [-0.39, 0.29) is 24.4 Å². The number of rotatable bonds is 6. The van der Waals surface area contributed by atoms with E-state index < -0.39 is 0 Å². The molecule has 0 amide bonds. The van der Waals surface area contributed by atoms with E-state index >= 15 is 0 Å². The van der Waals surface area contributed by atoms with E-state index in [0.29, 0.717) is 11.1 Å². The second kappa shape index (κ2) is 8.87. The Labute approximate surface area is 135 Å². The van der Waals surface area contributed by atoms with Crippen molar-refractivity contribution in [3.8, 4) is 0 Å². The molecule has 0 bridgehead atoms. The molecule has 1 aromatic heterocycles. The minimum atomic E-state index is -0.197. The first-order valence-electron chi connectivity index (χ1n) is 6.60. The molecule has 1 aromatic carbocycles. The van der Waals surface area contributed by atoms with Crippen LogP contribution in [0.25, 0.3) is 6.08 Å². The average molecular weight is 325 g/mol. The summed E-state index contributed by atoms with van der Waals surface area (Å²) < 4.78 is 5.54. The highest BCUT2D eigenvalue weighted by atomic mass is 35.5. The molecule has 0 saturated carbocycles. The van der Waals surface area contributed by atoms with Gasteiger partial charge in [0.2, 0.25) is 5.89 Å². The lowest BCUT2D eigenvalue weighted by molar-refractivity contribution is -0.00000491. The van der Waals surface area contributed by atoms with Gasteiger partial charge in [-0.25, -0.2) is 0 Å². The highest BCUT2D eigenvalue weighted by Crippen LogP contribution is 2.22. The van der Waals surface area contributed by atoms with Crippen LogP contribution in [-0.4, -0.2) is 16.0 Å². The van der Waals surface area contributed by atoms with Gasteiger partial charge in [-0.2, -0.15) is 0 Å². The smallest absolute Gasteiger partial charge is 0.276 e. The largest absolute Gasteiger partial charge is 1.00 e. The van der Waals surface area contributed by atoms with E-state index in [0.717, 1.165) is 5.75 Å². The van der Waals surface area contributed by atoms with Gasteiger partial charge >= 0.3 is 0 Å². The summed E-state index contributed by atoms with van der Waals surface area (Å²) in [6, 6.07) is 9.97. The Morgan fingerprint density at radius 3 is 2.62 bits per heavy atom. The van der Waals surface area contributed by atoms with Crippen LogP contribution >= 0.6 is 11.8 Å². The average Bonchev–Trinajstić information content (AvgIpc) is 2.92. The Morgan fingerprint density at radius 2 is 1.95 bits per heavy atom. The van der Waals surface area contributed by atoms with Crippen molar-refractivity contribution in [3.05, 3.63) is 47.9 Å². The van der Waals surface area contributed by atoms with Crippen molar-refractivity contribution < 1.29 is 16.8 Å². The minimum absolute atomic E-state index is 0. The highest BCUT2D eigenvalue weighted by molar-refractivity contribution is 7.99. The number of nitrogens with two attached hydrogens (primary N) is 1. The number of nitrogens with zero attached hydrogens (tertiary/aromatic N) is 2. The van der Waals surface area contributed by atoms with E-state index in [1.165, 1.54) is 17.3 Å². The number of aromatic nitrogens is 2. The number of hydrogen-bond acceptors (Lipinski definition) is 5. The van der Waals surface area contributed by atoms with Crippen molar-refractivity contribution in [3.63, 3.8) is 0 Å². The molecule has 0 aliphatic heterocycles. The van der Waals surface area contributed by atoms with Gasteiger partial charge in [0.1, 0.15) is 0 Å². The third-order valence-corrected chi connectivity index (χ3v) is 3.61. The molecule has 0 spiro atoms. The van der Waals surface area contributed by atoms with Gasteiger partial charge in [-0.15, -0.1) is 10.2 Å². The predicted molar refractivity (Wildman–Crippen MR) is 82.3 cm³/mol. The maximum absolute atomic E-state index is 5.96. The first-order chi connectivity index (χ1) is 9.66. The highest BCUT2D eigenvalue weighted by Gasteiger charge is 2.17. The molecule has 0 aliphatic rings. The van der Waals surface area contributed by atoms with Crippen LogP contribution in [0.4, 0.5) is 0 Å². The Morgan fingerprint density at radius 1 is 1.24 bits per heavy atom. The van der Waals surface area contributed by atoms with Crippen LogP contribution in [0.15, 0.2) is 46.0 Å². The summed E-state index contributed by atoms with van der Waals surface area (Å²) in [5, 5.41) is 8.55. The van der Waals surface area contributed by atoms with Crippen LogP contribution in [0, 0.1) is 5.92 Å². The zero-order valence-electron chi connectivity index (χ0n) is 12.1. The molecule has 2 N–H and O–H groups in total. The summed E-state index contributed by atoms with van der Waals surface area (Å²) in [5.41, 5.74) is 7.14. The molecule has 0 aliphatic carbocycles. The van der Waals surface area contributed by atoms with Crippen LogP contribution in [-0.2, 0) is 0 Å². The van der Waals surface area contributed by atoms with Crippen LogP contribution in [0.3, 0.4) is 0 Å². The lowest BCUT2D eigenvalue weighted by Crippen LogP contribution is -3.00. The Bertz CT molecular complexity index is 557. The van der Waals surface area contributed by atoms with Crippen molar-refractivity contribution in [1.29, 1.82) is 0 Å². The topological polar surface area (TPSA) is 64.9 Å². The number of thioether (sulfide) groups is 1. The maximum atomic E-state index is 5.96. The standard InChI is InChI=1S/C15H19N3OS.ClH/c1-11(2)13(16)14-17-18-15(19-14)20-10-6-9-12-7-4-3-5-8-12;/h3-9,11,13H,10,16H2,1-2H3;1H/p-1/b9-6+;/t13-;/m0./s1. The van der Waals surface area contributed by atoms with Crippen molar-refractivity contribution in [1.82, 2.24) is 10.2 Å². The van der Waals surface area contributed by atoms with Gasteiger partial charge in [-0.3, -0.25) is 0 Å². The first kappa shape index (κ1) is 17.8. The lowest BCUT2D eigenvalue weighted by Gasteiger charge is -2.09. The van der Waals surface area contributed by atoms with E-state index in [2.05, 4.69) is 34.5 Å². The lowest BCUT2D eigenvalue weighted by atomic mass is 10.1. The quantitative estimate of drug-likeness (QED) is 0.786. The molecule has 0 fully saturated rings. The molecule has 1 atom stereocenters. The van der Waals surface area contributed by atoms with Gasteiger partial charge in [0.05, 0.1) is 6.04 Å². The van der Waals surface area contributed by atoms with Crippen molar-refractivity contribution >= 4 is 17.8 Å². The van der Waals surface area contributed by atoms with Gasteiger partial charge in [0.15, 0.2) is 0 Å². The molecule has 21 heavy (non-hydrogen) atoms. The summed E-state index contributed by atoms with van der Waals surface area (Å²) >= 11 is 1.51. The van der Waals surface area contributed by atoms with Crippen molar-refractivity contribution in [2.75, 3.05) is 5.75 Å². The molecule has 0 radical (unpaired) electrons. The third-order valence-electron chi connectivity index (χ3n) is 2.84. The Balaban J connectivity index is 0.00000220. The number of halogens is 1. The zero-order valence-corrected chi connectivity index (χ0v) is 13.6. The fraction of sp³-hybridized carbons (Fsp3) is 0.333. The molecule has 0 saturated heterocycles. The summed E-state index contributed by atoms with van der Waals surface area (Å²) in [7, 11) is 0. The first-order valence-corrected chi connectivity index (χ1v) is 7.58. The fourth-order valence-corrected chi connectivity index (χ4v) is 2.14. The van der Waals surface area contributed by atoms with Gasteiger partial charge in [0, 0.05) is 5.75 Å². The fourth-order valence-electron chi connectivity index (χ4n) is 1.57. The molecular weight excluding hydrogens is 306 g/mol. The maximum Gasteiger partial charge on any atom is 0.276 e. The van der Waals surface area contributed by atoms with Crippen molar-refractivity contribution in [2.45, 2.75) is 25.1 Å². The third kappa shape index (κ3) is 5.53. The van der Waals surface area contributed by atoms with Crippen LogP contribution in [0.5, 0.6) is 0 Å². The molecule has 2 aromatic rings. The summed E-state index contributed by atoms with van der Waals surface area (Å²) in [6.45, 7) is 4.06. The summed E-state index contributed by atoms with van der Waals surface area (Å²) in [6.07, 6.45) is 4.15. The molecule has 6 heteroatoms. The normalized spacial score (nSPS) is 12.6. The number of benzene rings is 1. The van der Waals surface area contributed by atoms with Crippen LogP contribution in [0.2, 0.25) is 0 Å². The minimum Gasteiger partial charge on any atom is -1.00 e. The molecule has 2 rings (SSSR count). The van der Waals surface area contributed by atoms with E-state index in [9.17, 15) is 0 Å². The van der Waals surface area contributed by atoms with Crippen LogP contribution < -0.4 is 18.1 Å². The SMILES string of the molecule is CC(C)[C@H](N)c1nnc(SC/C=C/c2ccccc2)o1.[Cl-]. The monoisotopic (exact) mass is 324 g/mol. The zero-order chi connectivity index (χ0) is 14.4. The van der Waals surface area contributed by atoms with E-state index in [4.69, 9.17) is 10.2 Å². The van der Waals surface area contributed by atoms with Crippen LogP contribution in [0.1, 0.15) is 31.3 Å². The van der Waals surface area contributed by atoms with Gasteiger partial charge in [-0.1, -0.05) is 68.1 Å². The summed E-state index contributed by atoms with van der Waals surface area (Å²) in [5.74, 6) is 1.58. The molecule has 4 nitrogen and oxygen atoms in total. The second-order valence-corrected chi connectivity index (χ2v) is 5.77. The predicted octanol–water partition coefficient (Wildman–Crippen LogP) is 0.535. The Hall–Kier alpha value is -1.30. The molecule has 0 unspecified atom stereocenters. The van der Waals surface area contributed by atoms with Crippen molar-refractivity contribution in [2.24, 2.45) is 11.7 Å². The van der Waals surface area contributed by atoms with Gasteiger partial charge < -0.3 is 22.6 Å². The second-order valence-electron chi connectivity index (χ2n) is 4.80. The Kier molecular flexibility index (Phi) is 7.50. The molecule has 1 heterocycles. The molecular formula is C15H19ClN3OS-. The number of hydrogen-bond donors (Lipinski definition) is 1. The molecule has 114 valence electrons.